The number of anilines is 1. The number of fused-ring (bicyclic) bond motifs is 1. The molecule has 1 N–H and O–H groups in total. The monoisotopic (exact) mass is 403 g/mol. The molecule has 0 spiro atoms. The van der Waals surface area contributed by atoms with E-state index in [2.05, 4.69) is 10.3 Å². The predicted molar refractivity (Wildman–Crippen MR) is 113 cm³/mol. The number of rotatable bonds is 4. The number of para-hydroxylation sites is 1. The van der Waals surface area contributed by atoms with Crippen molar-refractivity contribution in [1.82, 2.24) is 4.98 Å². The molecule has 4 aromatic rings. The summed E-state index contributed by atoms with van der Waals surface area (Å²) in [5, 5.41) is 15.0. The van der Waals surface area contributed by atoms with Gasteiger partial charge >= 0.3 is 0 Å². The molecule has 0 fully saturated rings. The van der Waals surface area contributed by atoms with Crippen LogP contribution in [0, 0.1) is 10.1 Å². The van der Waals surface area contributed by atoms with Gasteiger partial charge in [0.15, 0.2) is 0 Å². The van der Waals surface area contributed by atoms with Crippen LogP contribution in [0.2, 0.25) is 5.02 Å². The molecule has 0 aliphatic rings. The Morgan fingerprint density at radius 3 is 2.48 bits per heavy atom. The van der Waals surface area contributed by atoms with Gasteiger partial charge in [0, 0.05) is 33.8 Å². The molecule has 0 saturated carbocycles. The number of nitro benzene ring substituents is 1. The number of amides is 1. The Kier molecular flexibility index (Phi) is 4.93. The second-order valence-corrected chi connectivity index (χ2v) is 6.78. The number of halogens is 1. The van der Waals surface area contributed by atoms with E-state index in [1.807, 2.05) is 36.4 Å². The van der Waals surface area contributed by atoms with Crippen molar-refractivity contribution in [1.29, 1.82) is 0 Å². The van der Waals surface area contributed by atoms with E-state index in [0.29, 0.717) is 32.9 Å². The molecule has 1 heterocycles. The SMILES string of the molecule is O=C(Nc1cccc([N+](=O)[O-])c1)c1cc(-c2ccc(Cl)cc2)nc2ccccc12. The van der Waals surface area contributed by atoms with Crippen LogP contribution in [0.5, 0.6) is 0 Å². The van der Waals surface area contributed by atoms with Gasteiger partial charge in [-0.2, -0.15) is 0 Å². The van der Waals surface area contributed by atoms with Crippen molar-refractivity contribution in [2.24, 2.45) is 0 Å². The third kappa shape index (κ3) is 3.93. The molecule has 0 radical (unpaired) electrons. The van der Waals surface area contributed by atoms with Crippen molar-refractivity contribution in [3.8, 4) is 11.3 Å². The number of pyridine rings is 1. The number of hydrogen-bond donors (Lipinski definition) is 1. The minimum Gasteiger partial charge on any atom is -0.322 e. The van der Waals surface area contributed by atoms with E-state index in [0.717, 1.165) is 5.56 Å². The fourth-order valence-corrected chi connectivity index (χ4v) is 3.15. The first-order valence-corrected chi connectivity index (χ1v) is 9.10. The van der Waals surface area contributed by atoms with Crippen LogP contribution in [-0.2, 0) is 0 Å². The highest BCUT2D eigenvalue weighted by atomic mass is 35.5. The predicted octanol–water partition coefficient (Wildman–Crippen LogP) is 5.72. The molecule has 0 unspecified atom stereocenters. The number of aromatic nitrogens is 1. The largest absolute Gasteiger partial charge is 0.322 e. The van der Waals surface area contributed by atoms with Gasteiger partial charge < -0.3 is 5.32 Å². The molecule has 29 heavy (non-hydrogen) atoms. The maximum absolute atomic E-state index is 13.0. The Bertz CT molecular complexity index is 1240. The number of benzene rings is 3. The standard InChI is InChI=1S/C22H14ClN3O3/c23-15-10-8-14(9-11-15)21-13-19(18-6-1-2-7-20(18)25-21)22(27)24-16-4-3-5-17(12-16)26(28)29/h1-13H,(H,24,27). The lowest BCUT2D eigenvalue weighted by molar-refractivity contribution is -0.384. The highest BCUT2D eigenvalue weighted by molar-refractivity contribution is 6.30. The lowest BCUT2D eigenvalue weighted by atomic mass is 10.0. The van der Waals surface area contributed by atoms with Crippen LogP contribution in [0.1, 0.15) is 10.4 Å². The quantitative estimate of drug-likeness (QED) is 0.349. The fourth-order valence-electron chi connectivity index (χ4n) is 3.03. The van der Waals surface area contributed by atoms with Gasteiger partial charge in [-0.25, -0.2) is 4.98 Å². The summed E-state index contributed by atoms with van der Waals surface area (Å²) >= 11 is 5.97. The normalized spacial score (nSPS) is 10.7. The number of nitrogens with one attached hydrogen (secondary N) is 1. The zero-order chi connectivity index (χ0) is 20.4. The van der Waals surface area contributed by atoms with E-state index < -0.39 is 4.92 Å². The molecular weight excluding hydrogens is 390 g/mol. The highest BCUT2D eigenvalue weighted by Crippen LogP contribution is 2.27. The molecular formula is C22H14ClN3O3. The van der Waals surface area contributed by atoms with Crippen molar-refractivity contribution < 1.29 is 9.72 Å². The number of carbonyl (C=O) groups excluding carboxylic acids is 1. The number of nitro groups is 1. The average molecular weight is 404 g/mol. The first-order valence-electron chi connectivity index (χ1n) is 8.73. The average Bonchev–Trinajstić information content (AvgIpc) is 2.73. The van der Waals surface area contributed by atoms with E-state index in [9.17, 15) is 14.9 Å². The zero-order valence-corrected chi connectivity index (χ0v) is 15.8. The van der Waals surface area contributed by atoms with Crippen molar-refractivity contribution in [3.63, 3.8) is 0 Å². The van der Waals surface area contributed by atoms with Gasteiger partial charge in [0.2, 0.25) is 0 Å². The Balaban J connectivity index is 1.77. The van der Waals surface area contributed by atoms with Gasteiger partial charge in [-0.15, -0.1) is 0 Å². The van der Waals surface area contributed by atoms with Crippen LogP contribution >= 0.6 is 11.6 Å². The van der Waals surface area contributed by atoms with Gasteiger partial charge in [-0.1, -0.05) is 48.0 Å². The zero-order valence-electron chi connectivity index (χ0n) is 15.0. The van der Waals surface area contributed by atoms with Crippen LogP contribution in [0.15, 0.2) is 78.9 Å². The van der Waals surface area contributed by atoms with E-state index in [4.69, 9.17) is 11.6 Å². The number of carbonyl (C=O) groups is 1. The molecule has 7 heteroatoms. The molecule has 1 aromatic heterocycles. The van der Waals surface area contributed by atoms with Crippen LogP contribution < -0.4 is 5.32 Å². The van der Waals surface area contributed by atoms with E-state index in [1.165, 1.54) is 18.2 Å². The highest BCUT2D eigenvalue weighted by Gasteiger charge is 2.15. The van der Waals surface area contributed by atoms with Crippen molar-refractivity contribution in [2.45, 2.75) is 0 Å². The Morgan fingerprint density at radius 1 is 0.966 bits per heavy atom. The molecule has 0 aliphatic carbocycles. The van der Waals surface area contributed by atoms with E-state index in [-0.39, 0.29) is 11.6 Å². The van der Waals surface area contributed by atoms with Crippen molar-refractivity contribution in [2.75, 3.05) is 5.32 Å². The van der Waals surface area contributed by atoms with Crippen LogP contribution in [0.25, 0.3) is 22.2 Å². The summed E-state index contributed by atoms with van der Waals surface area (Å²) in [6.45, 7) is 0. The van der Waals surface area contributed by atoms with Gasteiger partial charge in [0.05, 0.1) is 21.7 Å². The summed E-state index contributed by atoms with van der Waals surface area (Å²) < 4.78 is 0. The number of non-ortho nitro benzene ring substituents is 1. The van der Waals surface area contributed by atoms with Crippen LogP contribution in [0.3, 0.4) is 0 Å². The van der Waals surface area contributed by atoms with Crippen LogP contribution in [0.4, 0.5) is 11.4 Å². The van der Waals surface area contributed by atoms with Crippen molar-refractivity contribution >= 4 is 39.8 Å². The lowest BCUT2D eigenvalue weighted by Gasteiger charge is -2.11. The van der Waals surface area contributed by atoms with Crippen LogP contribution in [-0.4, -0.2) is 15.8 Å². The smallest absolute Gasteiger partial charge is 0.271 e. The Labute approximate surface area is 170 Å². The second kappa shape index (κ2) is 7.69. The third-order valence-electron chi connectivity index (χ3n) is 4.42. The summed E-state index contributed by atoms with van der Waals surface area (Å²) in [5.74, 6) is -0.376. The molecule has 0 bridgehead atoms. The van der Waals surface area contributed by atoms with Gasteiger partial charge in [0.25, 0.3) is 11.6 Å². The van der Waals surface area contributed by atoms with E-state index >= 15 is 0 Å². The lowest BCUT2D eigenvalue weighted by Crippen LogP contribution is -2.13. The summed E-state index contributed by atoms with van der Waals surface area (Å²) in [4.78, 5) is 28.1. The van der Waals surface area contributed by atoms with Gasteiger partial charge in [-0.05, 0) is 30.3 Å². The van der Waals surface area contributed by atoms with Crippen molar-refractivity contribution in [3.05, 3.63) is 99.6 Å². The fraction of sp³-hybridized carbons (Fsp3) is 0. The number of nitrogens with zero attached hydrogens (tertiary/aromatic N) is 2. The second-order valence-electron chi connectivity index (χ2n) is 6.34. The topological polar surface area (TPSA) is 85.1 Å². The first kappa shape index (κ1) is 18.6. The third-order valence-corrected chi connectivity index (χ3v) is 4.67. The van der Waals surface area contributed by atoms with E-state index in [1.54, 1.807) is 24.3 Å². The molecule has 0 atom stereocenters. The summed E-state index contributed by atoms with van der Waals surface area (Å²) in [6.07, 6.45) is 0. The summed E-state index contributed by atoms with van der Waals surface area (Å²) in [6, 6.07) is 22.0. The maximum atomic E-state index is 13.0. The molecule has 6 nitrogen and oxygen atoms in total. The maximum Gasteiger partial charge on any atom is 0.271 e. The summed E-state index contributed by atoms with van der Waals surface area (Å²) in [7, 11) is 0. The minimum atomic E-state index is -0.504. The molecule has 3 aromatic carbocycles. The molecule has 0 saturated heterocycles. The Morgan fingerprint density at radius 2 is 1.72 bits per heavy atom. The first-order chi connectivity index (χ1) is 14.0. The Hall–Kier alpha value is -3.77. The number of hydrogen-bond acceptors (Lipinski definition) is 4. The minimum absolute atomic E-state index is 0.0933. The van der Waals surface area contributed by atoms with Gasteiger partial charge in [-0.3, -0.25) is 14.9 Å². The molecule has 4 rings (SSSR count). The molecule has 0 aliphatic heterocycles. The summed E-state index contributed by atoms with van der Waals surface area (Å²) in [5.41, 5.74) is 2.80. The molecule has 1 amide bonds. The molecule has 142 valence electrons. The van der Waals surface area contributed by atoms with Gasteiger partial charge in [0.1, 0.15) is 0 Å².